The molecule has 0 aliphatic carbocycles. The Labute approximate surface area is 84.7 Å². The third-order valence-electron chi connectivity index (χ3n) is 2.39. The first-order chi connectivity index (χ1) is 6.61. The molecule has 4 nitrogen and oxygen atoms in total. The Kier molecular flexibility index (Phi) is 3.55. The van der Waals surface area contributed by atoms with Gasteiger partial charge in [0.25, 0.3) is 0 Å². The Hall–Kier alpha value is -1.00. The fourth-order valence-corrected chi connectivity index (χ4v) is 1.43. The maximum absolute atomic E-state index is 5.41. The van der Waals surface area contributed by atoms with Gasteiger partial charge in [-0.3, -0.25) is 9.97 Å². The molecule has 14 heavy (non-hydrogen) atoms. The Morgan fingerprint density at radius 3 is 2.57 bits per heavy atom. The molecule has 1 aromatic heterocycles. The van der Waals surface area contributed by atoms with E-state index in [0.717, 1.165) is 5.69 Å². The Morgan fingerprint density at radius 2 is 2.14 bits per heavy atom. The molecule has 1 heterocycles. The van der Waals surface area contributed by atoms with Crippen LogP contribution >= 0.6 is 0 Å². The van der Waals surface area contributed by atoms with Crippen molar-refractivity contribution in [1.29, 1.82) is 0 Å². The van der Waals surface area contributed by atoms with Crippen LogP contribution in [-0.4, -0.2) is 29.7 Å². The van der Waals surface area contributed by atoms with E-state index in [4.69, 9.17) is 4.74 Å². The van der Waals surface area contributed by atoms with E-state index in [0.29, 0.717) is 0 Å². The minimum atomic E-state index is -0.301. The quantitative estimate of drug-likeness (QED) is 0.783. The number of rotatable bonds is 4. The van der Waals surface area contributed by atoms with Crippen LogP contribution in [0, 0.1) is 0 Å². The van der Waals surface area contributed by atoms with Gasteiger partial charge < -0.3 is 10.1 Å². The van der Waals surface area contributed by atoms with Gasteiger partial charge in [0, 0.05) is 19.5 Å². The van der Waals surface area contributed by atoms with Crippen LogP contribution in [0.2, 0.25) is 0 Å². The average molecular weight is 195 g/mol. The molecule has 0 amide bonds. The summed E-state index contributed by atoms with van der Waals surface area (Å²) < 4.78 is 5.41. The van der Waals surface area contributed by atoms with Gasteiger partial charge in [-0.05, 0) is 20.9 Å². The fourth-order valence-electron chi connectivity index (χ4n) is 1.43. The summed E-state index contributed by atoms with van der Waals surface area (Å²) in [6, 6.07) is 0.0428. The summed E-state index contributed by atoms with van der Waals surface area (Å²) in [7, 11) is 3.58. The van der Waals surface area contributed by atoms with E-state index in [2.05, 4.69) is 15.3 Å². The maximum Gasteiger partial charge on any atom is 0.0832 e. The van der Waals surface area contributed by atoms with Gasteiger partial charge in [0.1, 0.15) is 0 Å². The first-order valence-electron chi connectivity index (χ1n) is 4.60. The third-order valence-corrected chi connectivity index (χ3v) is 2.39. The van der Waals surface area contributed by atoms with Crippen LogP contribution in [0.25, 0.3) is 0 Å². The second-order valence-electron chi connectivity index (χ2n) is 3.66. The molecule has 0 aromatic carbocycles. The smallest absolute Gasteiger partial charge is 0.0832 e. The predicted octanol–water partition coefficient (Wildman–Crippen LogP) is 1.16. The zero-order valence-electron chi connectivity index (χ0n) is 9.11. The molecule has 1 N–H and O–H groups in total. The number of likely N-dealkylation sites (N-methyl/N-ethyl adjacent to an activating group) is 1. The van der Waals surface area contributed by atoms with Gasteiger partial charge in [-0.25, -0.2) is 0 Å². The molecular formula is C10H17N3O. The van der Waals surface area contributed by atoms with Gasteiger partial charge in [-0.15, -0.1) is 0 Å². The predicted molar refractivity (Wildman–Crippen MR) is 54.9 cm³/mol. The summed E-state index contributed by atoms with van der Waals surface area (Å²) in [5.41, 5.74) is 0.590. The molecule has 0 bridgehead atoms. The van der Waals surface area contributed by atoms with Crippen LogP contribution < -0.4 is 5.32 Å². The zero-order chi connectivity index (χ0) is 10.6. The third kappa shape index (κ3) is 2.27. The van der Waals surface area contributed by atoms with E-state index in [-0.39, 0.29) is 11.6 Å². The van der Waals surface area contributed by atoms with Crippen LogP contribution in [0.5, 0.6) is 0 Å². The summed E-state index contributed by atoms with van der Waals surface area (Å²) in [4.78, 5) is 8.30. The van der Waals surface area contributed by atoms with Crippen LogP contribution in [-0.2, 0) is 4.74 Å². The minimum Gasteiger partial charge on any atom is -0.377 e. The minimum absolute atomic E-state index is 0.0428. The van der Waals surface area contributed by atoms with Crippen molar-refractivity contribution in [3.8, 4) is 0 Å². The lowest BCUT2D eigenvalue weighted by Gasteiger charge is -2.32. The molecule has 0 spiro atoms. The molecule has 78 valence electrons. The van der Waals surface area contributed by atoms with Crippen molar-refractivity contribution < 1.29 is 4.74 Å². The summed E-state index contributed by atoms with van der Waals surface area (Å²) >= 11 is 0. The van der Waals surface area contributed by atoms with Crippen LogP contribution in [0.15, 0.2) is 18.6 Å². The van der Waals surface area contributed by atoms with Gasteiger partial charge >= 0.3 is 0 Å². The number of nitrogens with one attached hydrogen (secondary N) is 1. The average Bonchev–Trinajstić information content (AvgIpc) is 2.20. The van der Waals surface area contributed by atoms with E-state index in [1.165, 1.54) is 0 Å². The lowest BCUT2D eigenvalue weighted by atomic mass is 9.96. The maximum atomic E-state index is 5.41. The number of aromatic nitrogens is 2. The second-order valence-corrected chi connectivity index (χ2v) is 3.66. The Balaban J connectivity index is 2.93. The van der Waals surface area contributed by atoms with Gasteiger partial charge in [-0.2, -0.15) is 0 Å². The van der Waals surface area contributed by atoms with Gasteiger partial charge in [0.2, 0.25) is 0 Å². The monoisotopic (exact) mass is 195 g/mol. The largest absolute Gasteiger partial charge is 0.377 e. The number of methoxy groups -OCH3 is 1. The summed E-state index contributed by atoms with van der Waals surface area (Å²) in [6.45, 7) is 4.03. The van der Waals surface area contributed by atoms with Crippen molar-refractivity contribution in [3.05, 3.63) is 24.3 Å². The highest BCUT2D eigenvalue weighted by molar-refractivity contribution is 5.07. The van der Waals surface area contributed by atoms with E-state index in [9.17, 15) is 0 Å². The molecule has 0 aliphatic rings. The van der Waals surface area contributed by atoms with Gasteiger partial charge in [-0.1, -0.05) is 0 Å². The van der Waals surface area contributed by atoms with Gasteiger partial charge in [0.15, 0.2) is 0 Å². The van der Waals surface area contributed by atoms with Crippen molar-refractivity contribution in [1.82, 2.24) is 15.3 Å². The second kappa shape index (κ2) is 4.48. The number of ether oxygens (including phenoxy) is 1. The molecule has 0 saturated carbocycles. The lowest BCUT2D eigenvalue weighted by molar-refractivity contribution is -0.0102. The van der Waals surface area contributed by atoms with E-state index < -0.39 is 0 Å². The summed E-state index contributed by atoms with van der Waals surface area (Å²) in [6.07, 6.45) is 5.10. The fraction of sp³-hybridized carbons (Fsp3) is 0.600. The first kappa shape index (κ1) is 11.1. The SMILES string of the molecule is CNC(c1cnccn1)C(C)(C)OC. The summed E-state index contributed by atoms with van der Waals surface area (Å²) in [5.74, 6) is 0. The van der Waals surface area contributed by atoms with Crippen molar-refractivity contribution in [2.24, 2.45) is 0 Å². The van der Waals surface area contributed by atoms with Crippen LogP contribution in [0.1, 0.15) is 25.6 Å². The molecule has 0 fully saturated rings. The highest BCUT2D eigenvalue weighted by atomic mass is 16.5. The normalized spacial score (nSPS) is 14.0. The van der Waals surface area contributed by atoms with Crippen LogP contribution in [0.3, 0.4) is 0 Å². The van der Waals surface area contributed by atoms with Crippen molar-refractivity contribution >= 4 is 0 Å². The van der Waals surface area contributed by atoms with Crippen molar-refractivity contribution in [2.75, 3.05) is 14.2 Å². The van der Waals surface area contributed by atoms with Crippen molar-refractivity contribution in [2.45, 2.75) is 25.5 Å². The molecule has 1 rings (SSSR count). The van der Waals surface area contributed by atoms with E-state index in [1.807, 2.05) is 20.9 Å². The molecule has 4 heteroatoms. The summed E-state index contributed by atoms with van der Waals surface area (Å²) in [5, 5.41) is 3.18. The first-order valence-corrected chi connectivity index (χ1v) is 4.60. The van der Waals surface area contributed by atoms with E-state index >= 15 is 0 Å². The number of nitrogens with zero attached hydrogens (tertiary/aromatic N) is 2. The Bertz CT molecular complexity index is 274. The number of hydrogen-bond acceptors (Lipinski definition) is 4. The van der Waals surface area contributed by atoms with Crippen molar-refractivity contribution in [3.63, 3.8) is 0 Å². The topological polar surface area (TPSA) is 47.0 Å². The highest BCUT2D eigenvalue weighted by Crippen LogP contribution is 2.25. The lowest BCUT2D eigenvalue weighted by Crippen LogP contribution is -2.39. The van der Waals surface area contributed by atoms with Gasteiger partial charge in [0.05, 0.1) is 23.5 Å². The molecule has 1 atom stereocenters. The molecule has 1 unspecified atom stereocenters. The standard InChI is InChI=1S/C10H17N3O/c1-10(2,14-4)9(11-3)8-7-12-5-6-13-8/h5-7,9,11H,1-4H3. The Morgan fingerprint density at radius 1 is 1.43 bits per heavy atom. The highest BCUT2D eigenvalue weighted by Gasteiger charge is 2.30. The molecule has 0 aliphatic heterocycles. The van der Waals surface area contributed by atoms with E-state index in [1.54, 1.807) is 25.7 Å². The molecule has 0 radical (unpaired) electrons. The molecular weight excluding hydrogens is 178 g/mol. The molecule has 0 saturated heterocycles. The molecule has 1 aromatic rings. The number of hydrogen-bond donors (Lipinski definition) is 1. The zero-order valence-corrected chi connectivity index (χ0v) is 9.11. The van der Waals surface area contributed by atoms with Crippen LogP contribution in [0.4, 0.5) is 0 Å².